The van der Waals surface area contributed by atoms with Gasteiger partial charge >= 0.3 is 0 Å². The number of amides is 4. The molecule has 11 N–H and O–H groups in total. The molecule has 6 rings (SSSR count). The second kappa shape index (κ2) is 20.7. The minimum absolute atomic E-state index is 0.0282. The van der Waals surface area contributed by atoms with Gasteiger partial charge in [-0.2, -0.15) is 0 Å². The standard InChI is InChI=1S/C47H57N5O15/c1-21(2)14-29(52-44(61)22(3)50-45(62)28(49-19-33(48)55)15-24-10-7-6-8-11-24)46(63)51-27-16-34(66-23(4)39(27)56)67-31-18-47(64,32(54)20-53)17-26-36(31)43(60)38-37(41(26)58)40(57)25-12-9-13-30(65-5)35(25)42(38)59/h6-13,21-23,27-29,31,34,39,49,53,56,58,60,64H,14-20H2,1-5H3,(H2,48,55)(H,50,62)(H,51,63)(H,52,61)/t22-,23-,27-,28-,29-,31-,34-,39+,47-/m0/s1. The number of aliphatic hydroxyl groups excluding tert-OH is 2. The van der Waals surface area contributed by atoms with E-state index in [0.29, 0.717) is 0 Å². The van der Waals surface area contributed by atoms with Crippen LogP contribution in [-0.4, -0.2) is 135 Å². The number of phenolic OH excluding ortho intramolecular Hbond substituents is 2. The number of ketones is 3. The van der Waals surface area contributed by atoms with Gasteiger partial charge in [0.05, 0.1) is 54.6 Å². The molecule has 0 aromatic heterocycles. The second-order valence-corrected chi connectivity index (χ2v) is 17.6. The van der Waals surface area contributed by atoms with Crippen molar-refractivity contribution in [1.82, 2.24) is 21.3 Å². The van der Waals surface area contributed by atoms with E-state index in [1.807, 2.05) is 19.9 Å². The van der Waals surface area contributed by atoms with E-state index in [2.05, 4.69) is 21.3 Å². The van der Waals surface area contributed by atoms with E-state index >= 15 is 0 Å². The van der Waals surface area contributed by atoms with Crippen LogP contribution in [0.25, 0.3) is 0 Å². The van der Waals surface area contributed by atoms with Gasteiger partial charge in [0, 0.05) is 36.0 Å². The molecular weight excluding hydrogens is 875 g/mol. The van der Waals surface area contributed by atoms with Crippen LogP contribution in [0.5, 0.6) is 17.2 Å². The van der Waals surface area contributed by atoms with Crippen LogP contribution in [0, 0.1) is 5.92 Å². The van der Waals surface area contributed by atoms with Gasteiger partial charge in [-0.25, -0.2) is 0 Å². The summed E-state index contributed by atoms with van der Waals surface area (Å²) in [4.78, 5) is 93.5. The molecule has 0 radical (unpaired) electrons. The highest BCUT2D eigenvalue weighted by Gasteiger charge is 2.50. The Morgan fingerprint density at radius 1 is 0.896 bits per heavy atom. The molecule has 2 aliphatic carbocycles. The van der Waals surface area contributed by atoms with Gasteiger partial charge in [-0.3, -0.25) is 38.9 Å². The number of hydrogen-bond donors (Lipinski definition) is 10. The van der Waals surface area contributed by atoms with E-state index in [-0.39, 0.29) is 59.7 Å². The highest BCUT2D eigenvalue weighted by molar-refractivity contribution is 6.31. The summed E-state index contributed by atoms with van der Waals surface area (Å²) >= 11 is 0. The number of benzene rings is 3. The van der Waals surface area contributed by atoms with Crippen LogP contribution in [0.4, 0.5) is 0 Å². The van der Waals surface area contributed by atoms with Crippen molar-refractivity contribution in [2.75, 3.05) is 20.3 Å². The van der Waals surface area contributed by atoms with Crippen molar-refractivity contribution >= 4 is 41.0 Å². The van der Waals surface area contributed by atoms with Crippen LogP contribution in [-0.2, 0) is 46.3 Å². The molecule has 4 amide bonds. The third-order valence-electron chi connectivity index (χ3n) is 12.3. The molecule has 20 heteroatoms. The van der Waals surface area contributed by atoms with Crippen molar-refractivity contribution in [2.45, 2.75) is 114 Å². The molecule has 0 spiro atoms. The number of carbonyl (C=O) groups excluding carboxylic acids is 7. The zero-order valence-electron chi connectivity index (χ0n) is 37.7. The van der Waals surface area contributed by atoms with Gasteiger partial charge in [-0.1, -0.05) is 56.3 Å². The van der Waals surface area contributed by atoms with E-state index in [1.165, 1.54) is 39.2 Å². The smallest absolute Gasteiger partial charge is 0.242 e. The lowest BCUT2D eigenvalue weighted by Gasteiger charge is -2.43. The molecule has 3 aliphatic rings. The first-order chi connectivity index (χ1) is 31.7. The van der Waals surface area contributed by atoms with Crippen molar-refractivity contribution in [3.63, 3.8) is 0 Å². The quantitative estimate of drug-likeness (QED) is 0.0582. The number of aromatic hydroxyl groups is 2. The Balaban J connectivity index is 1.22. The average molecular weight is 932 g/mol. The van der Waals surface area contributed by atoms with Gasteiger partial charge in [-0.05, 0) is 44.2 Å². The van der Waals surface area contributed by atoms with E-state index < -0.39 is 137 Å². The number of ether oxygens (including phenoxy) is 3. The Kier molecular flexibility index (Phi) is 15.5. The monoisotopic (exact) mass is 931 g/mol. The first kappa shape index (κ1) is 50.1. The van der Waals surface area contributed by atoms with Crippen molar-refractivity contribution < 1.29 is 73.3 Å². The van der Waals surface area contributed by atoms with E-state index in [0.717, 1.165) is 5.56 Å². The number of fused-ring (bicyclic) bond motifs is 3. The number of hydrogen-bond acceptors (Lipinski definition) is 16. The molecule has 1 aliphatic heterocycles. The predicted octanol–water partition coefficient (Wildman–Crippen LogP) is -0.119. The maximum Gasteiger partial charge on any atom is 0.242 e. The molecule has 360 valence electrons. The minimum atomic E-state index is -2.41. The second-order valence-electron chi connectivity index (χ2n) is 17.6. The molecule has 3 aromatic rings. The SMILES string of the molecule is COc1cccc2c1C(=O)c1c(O)c3c(c(O)c1C2=O)C[C@@](O)(C(=O)CO)C[C@@H]3O[C@H]1C[C@H](NC(=O)[C@H](CC(C)C)NC(=O)[C@H](C)NC(=O)[C@H](Cc2ccccc2)NCC(N)=O)[C@H](O)[C@H](C)O1. The summed E-state index contributed by atoms with van der Waals surface area (Å²) in [5.74, 6) is -7.17. The number of rotatable bonds is 18. The third-order valence-corrected chi connectivity index (χ3v) is 12.3. The van der Waals surface area contributed by atoms with Gasteiger partial charge in [0.1, 0.15) is 47.6 Å². The summed E-state index contributed by atoms with van der Waals surface area (Å²) in [7, 11) is 1.29. The summed E-state index contributed by atoms with van der Waals surface area (Å²) in [5.41, 5.74) is 1.70. The summed E-state index contributed by atoms with van der Waals surface area (Å²) in [6.45, 7) is 5.12. The van der Waals surface area contributed by atoms with Crippen molar-refractivity contribution in [3.05, 3.63) is 87.5 Å². The lowest BCUT2D eigenvalue weighted by molar-refractivity contribution is -0.249. The third kappa shape index (κ3) is 10.6. The van der Waals surface area contributed by atoms with Crippen LogP contribution in [0.1, 0.15) is 102 Å². The normalized spacial score (nSPS) is 23.4. The van der Waals surface area contributed by atoms with Crippen LogP contribution in [0.2, 0.25) is 0 Å². The average Bonchev–Trinajstić information content (AvgIpc) is 3.28. The molecule has 0 unspecified atom stereocenters. The van der Waals surface area contributed by atoms with Crippen LogP contribution in [0.3, 0.4) is 0 Å². The number of phenols is 2. The molecule has 67 heavy (non-hydrogen) atoms. The lowest BCUT2D eigenvalue weighted by atomic mass is 9.72. The molecule has 1 saturated heterocycles. The number of primary amides is 1. The first-order valence-corrected chi connectivity index (χ1v) is 21.9. The van der Waals surface area contributed by atoms with E-state index in [9.17, 15) is 59.1 Å². The Hall–Kier alpha value is -6.29. The zero-order chi connectivity index (χ0) is 49.1. The maximum atomic E-state index is 14.1. The number of nitrogens with one attached hydrogen (secondary N) is 4. The largest absolute Gasteiger partial charge is 0.507 e. The number of methoxy groups -OCH3 is 1. The molecule has 20 nitrogen and oxygen atoms in total. The van der Waals surface area contributed by atoms with Crippen molar-refractivity contribution in [3.8, 4) is 17.2 Å². The number of aliphatic hydroxyl groups is 3. The predicted molar refractivity (Wildman–Crippen MR) is 236 cm³/mol. The molecule has 1 fully saturated rings. The molecule has 1 heterocycles. The Labute approximate surface area is 385 Å². The maximum absolute atomic E-state index is 14.1. The number of nitrogens with two attached hydrogens (primary N) is 1. The van der Waals surface area contributed by atoms with E-state index in [1.54, 1.807) is 24.3 Å². The fourth-order valence-corrected chi connectivity index (χ4v) is 8.85. The lowest BCUT2D eigenvalue weighted by Crippen LogP contribution is -2.60. The van der Waals surface area contributed by atoms with Crippen LogP contribution >= 0.6 is 0 Å². The van der Waals surface area contributed by atoms with Gasteiger partial charge < -0.3 is 61.4 Å². The van der Waals surface area contributed by atoms with Gasteiger partial charge in [0.25, 0.3) is 0 Å². The fraction of sp³-hybridized carbons (Fsp3) is 0.468. The fourth-order valence-electron chi connectivity index (χ4n) is 8.85. The number of carbonyl (C=O) groups is 7. The zero-order valence-corrected chi connectivity index (χ0v) is 37.7. The Morgan fingerprint density at radius 3 is 2.22 bits per heavy atom. The summed E-state index contributed by atoms with van der Waals surface area (Å²) < 4.78 is 17.6. The van der Waals surface area contributed by atoms with Crippen LogP contribution < -0.4 is 31.7 Å². The topological polar surface area (TPSA) is 322 Å². The first-order valence-electron chi connectivity index (χ1n) is 21.9. The molecule has 0 saturated carbocycles. The summed E-state index contributed by atoms with van der Waals surface area (Å²) in [6.07, 6.45) is -6.62. The van der Waals surface area contributed by atoms with Gasteiger partial charge in [0.2, 0.25) is 29.4 Å². The van der Waals surface area contributed by atoms with Crippen LogP contribution in [0.15, 0.2) is 48.5 Å². The number of Topliss-reactive ketones (excluding diaryl/α,β-unsaturated/α-hetero) is 1. The van der Waals surface area contributed by atoms with Gasteiger partial charge in [0.15, 0.2) is 17.9 Å². The van der Waals surface area contributed by atoms with Crippen molar-refractivity contribution in [1.29, 1.82) is 0 Å². The molecule has 0 bridgehead atoms. The summed E-state index contributed by atoms with van der Waals surface area (Å²) in [6, 6.07) is 8.84. The Bertz CT molecular complexity index is 2430. The van der Waals surface area contributed by atoms with Crippen molar-refractivity contribution in [2.24, 2.45) is 11.7 Å². The van der Waals surface area contributed by atoms with Gasteiger partial charge in [-0.15, -0.1) is 0 Å². The summed E-state index contributed by atoms with van der Waals surface area (Å²) in [5, 5.41) is 67.3. The van der Waals surface area contributed by atoms with E-state index in [4.69, 9.17) is 19.9 Å². The molecule has 9 atom stereocenters. The Morgan fingerprint density at radius 2 is 1.58 bits per heavy atom. The molecule has 3 aromatic carbocycles. The minimum Gasteiger partial charge on any atom is -0.507 e. The highest BCUT2D eigenvalue weighted by Crippen LogP contribution is 2.52. The highest BCUT2D eigenvalue weighted by atomic mass is 16.7. The molecular formula is C47H57N5O15.